The van der Waals surface area contributed by atoms with E-state index in [9.17, 15) is 14.4 Å². The average molecular weight is 728 g/mol. The lowest BCUT2D eigenvalue weighted by Crippen LogP contribution is -2.47. The van der Waals surface area contributed by atoms with Crippen LogP contribution >= 0.6 is 11.3 Å². The van der Waals surface area contributed by atoms with Crippen LogP contribution in [-0.4, -0.2) is 54.4 Å². The van der Waals surface area contributed by atoms with E-state index in [1.165, 1.54) is 41.2 Å². The van der Waals surface area contributed by atoms with Crippen LogP contribution < -0.4 is 22.0 Å². The Morgan fingerprint density at radius 2 is 1.73 bits per heavy atom. The fourth-order valence-corrected chi connectivity index (χ4v) is 8.07. The van der Waals surface area contributed by atoms with E-state index < -0.39 is 34.5 Å². The first-order valence-electron chi connectivity index (χ1n) is 16.5. The van der Waals surface area contributed by atoms with Crippen LogP contribution in [0.2, 0.25) is 0 Å². The molecule has 1 atom stereocenters. The summed E-state index contributed by atoms with van der Waals surface area (Å²) >= 11 is 1.20. The molecule has 14 heteroatoms. The molecule has 2 aliphatic rings. The van der Waals surface area contributed by atoms with E-state index in [2.05, 4.69) is 25.5 Å². The van der Waals surface area contributed by atoms with Gasteiger partial charge in [-0.15, -0.1) is 11.3 Å². The number of anilines is 1. The van der Waals surface area contributed by atoms with Crippen LogP contribution in [0.5, 0.6) is 0 Å². The number of rotatable bonds is 10. The molecule has 0 saturated heterocycles. The maximum absolute atomic E-state index is 15.5. The molecule has 0 bridgehead atoms. The van der Waals surface area contributed by atoms with Gasteiger partial charge in [0, 0.05) is 47.6 Å². The number of hydroxylamine groups is 1. The summed E-state index contributed by atoms with van der Waals surface area (Å²) in [6.07, 6.45) is 1.61. The molecule has 0 fully saturated rings. The zero-order valence-electron chi connectivity index (χ0n) is 28.3. The minimum atomic E-state index is -1.43. The predicted molar refractivity (Wildman–Crippen MR) is 194 cm³/mol. The average Bonchev–Trinajstić information content (AvgIpc) is 3.56. The van der Waals surface area contributed by atoms with Crippen molar-refractivity contribution in [3.05, 3.63) is 146 Å². The Morgan fingerprint density at radius 1 is 1.00 bits per heavy atom. The number of aromatic nitrogens is 2. The molecule has 0 saturated carbocycles. The maximum Gasteiger partial charge on any atom is 0.343 e. The Balaban J connectivity index is 1.38. The molecular formula is C38H35F2N5O6S. The number of likely N-dealkylation sites (N-methyl/N-ethyl adjacent to an activating group) is 1. The normalized spacial score (nSPS) is 17.0. The van der Waals surface area contributed by atoms with Gasteiger partial charge < -0.3 is 14.8 Å². The molecule has 3 heterocycles. The zero-order chi connectivity index (χ0) is 36.4. The van der Waals surface area contributed by atoms with Gasteiger partial charge in [0.2, 0.25) is 0 Å². The Bertz CT molecular complexity index is 2300. The SMILES string of the molecule is CONC(=O)Nc1ccc(-c2cc3c(=O)[nH]c(=O)n(C4(Cc5c(F)cccc5F)C=C(CN(C)Cc5ccccc5)C5=C(C4)OCCO5)c3s2)cc1. The van der Waals surface area contributed by atoms with Crippen LogP contribution in [0.1, 0.15) is 17.5 Å². The number of hydrogen-bond acceptors (Lipinski definition) is 8. The van der Waals surface area contributed by atoms with Crippen molar-refractivity contribution in [2.75, 3.05) is 39.2 Å². The summed E-state index contributed by atoms with van der Waals surface area (Å²) in [6.45, 7) is 1.53. The van der Waals surface area contributed by atoms with Gasteiger partial charge in [0.15, 0.2) is 5.76 Å². The lowest BCUT2D eigenvalue weighted by Gasteiger charge is -2.40. The zero-order valence-corrected chi connectivity index (χ0v) is 29.2. The van der Waals surface area contributed by atoms with Gasteiger partial charge in [-0.25, -0.2) is 23.9 Å². The molecule has 3 N–H and O–H groups in total. The van der Waals surface area contributed by atoms with Gasteiger partial charge in [-0.2, -0.15) is 0 Å². The Labute approximate surface area is 300 Å². The summed E-state index contributed by atoms with van der Waals surface area (Å²) in [6, 6.07) is 21.6. The second kappa shape index (κ2) is 14.6. The quantitative estimate of drug-likeness (QED) is 0.150. The number of aromatic amines is 1. The lowest BCUT2D eigenvalue weighted by atomic mass is 9.80. The summed E-state index contributed by atoms with van der Waals surface area (Å²) in [5, 5.41) is 2.87. The molecule has 2 amide bonds. The van der Waals surface area contributed by atoms with E-state index in [0.717, 1.165) is 5.56 Å². The number of urea groups is 1. The highest BCUT2D eigenvalue weighted by molar-refractivity contribution is 7.21. The van der Waals surface area contributed by atoms with Crippen molar-refractivity contribution in [3.8, 4) is 10.4 Å². The van der Waals surface area contributed by atoms with Crippen LogP contribution in [0, 0.1) is 11.6 Å². The molecule has 5 aromatic rings. The number of carbonyl (C=O) groups is 1. The highest BCUT2D eigenvalue weighted by Crippen LogP contribution is 2.44. The topological polar surface area (TPSA) is 127 Å². The van der Waals surface area contributed by atoms with Gasteiger partial charge in [-0.05, 0) is 54.6 Å². The third kappa shape index (κ3) is 7.00. The molecule has 1 aliphatic carbocycles. The van der Waals surface area contributed by atoms with Gasteiger partial charge in [-0.3, -0.25) is 24.1 Å². The maximum atomic E-state index is 15.5. The van der Waals surface area contributed by atoms with E-state index in [0.29, 0.717) is 57.7 Å². The van der Waals surface area contributed by atoms with Gasteiger partial charge in [0.1, 0.15) is 35.4 Å². The van der Waals surface area contributed by atoms with Crippen molar-refractivity contribution in [2.24, 2.45) is 0 Å². The van der Waals surface area contributed by atoms with Crippen molar-refractivity contribution in [1.82, 2.24) is 19.9 Å². The molecular weight excluding hydrogens is 693 g/mol. The molecule has 3 aromatic carbocycles. The molecule has 268 valence electrons. The van der Waals surface area contributed by atoms with E-state index >= 15 is 8.78 Å². The number of fused-ring (bicyclic) bond motifs is 1. The molecule has 1 aliphatic heterocycles. The molecule has 52 heavy (non-hydrogen) atoms. The Kier molecular flexibility index (Phi) is 9.77. The standard InChI is InChI=1S/C38H35F2N5O6S/c1-44(21-23-7-4-3-5-8-23)22-25-18-38(20-31-33(25)51-16-15-50-31,19-28-29(39)9-6-10-30(28)40)45-35-27(34(46)42-37(45)48)17-32(52-35)24-11-13-26(14-12-24)41-36(47)43-49-2/h3-14,17-18H,15-16,19-22H2,1-2H3,(H2,41,43,47)(H,42,46,48). The first kappa shape index (κ1) is 34.9. The van der Waals surface area contributed by atoms with Crippen molar-refractivity contribution in [3.63, 3.8) is 0 Å². The molecule has 0 spiro atoms. The van der Waals surface area contributed by atoms with Gasteiger partial charge in [0.05, 0.1) is 18.0 Å². The van der Waals surface area contributed by atoms with Gasteiger partial charge >= 0.3 is 11.7 Å². The van der Waals surface area contributed by atoms with E-state index in [4.69, 9.17) is 9.47 Å². The van der Waals surface area contributed by atoms with Crippen LogP contribution in [0.3, 0.4) is 0 Å². The Hall–Kier alpha value is -5.57. The first-order valence-corrected chi connectivity index (χ1v) is 17.3. The smallest absolute Gasteiger partial charge is 0.343 e. The second-order valence-electron chi connectivity index (χ2n) is 12.7. The van der Waals surface area contributed by atoms with Crippen LogP contribution in [0.25, 0.3) is 20.7 Å². The number of ether oxygens (including phenoxy) is 2. The number of H-pyrrole nitrogens is 1. The highest BCUT2D eigenvalue weighted by Gasteiger charge is 2.43. The lowest BCUT2D eigenvalue weighted by molar-refractivity contribution is 0.0477. The molecule has 0 radical (unpaired) electrons. The van der Waals surface area contributed by atoms with Crippen LogP contribution in [0.4, 0.5) is 19.3 Å². The van der Waals surface area contributed by atoms with Crippen molar-refractivity contribution >= 4 is 33.3 Å². The second-order valence-corrected chi connectivity index (χ2v) is 13.7. The summed E-state index contributed by atoms with van der Waals surface area (Å²) in [5.74, 6) is -0.532. The number of nitrogens with zero attached hydrogens (tertiary/aromatic N) is 2. The molecule has 2 aromatic heterocycles. The highest BCUT2D eigenvalue weighted by atomic mass is 32.1. The molecule has 1 unspecified atom stereocenters. The van der Waals surface area contributed by atoms with E-state index in [-0.39, 0.29) is 30.4 Å². The van der Waals surface area contributed by atoms with Crippen molar-refractivity contribution in [1.29, 1.82) is 0 Å². The van der Waals surface area contributed by atoms with Gasteiger partial charge in [-0.1, -0.05) is 48.5 Å². The summed E-state index contributed by atoms with van der Waals surface area (Å²) < 4.78 is 44.8. The molecule has 7 rings (SSSR count). The number of allylic oxidation sites excluding steroid dienone is 2. The van der Waals surface area contributed by atoms with Crippen molar-refractivity contribution in [2.45, 2.75) is 24.9 Å². The van der Waals surface area contributed by atoms with E-state index in [1.807, 2.05) is 43.5 Å². The minimum Gasteiger partial charge on any atom is -0.490 e. The fraction of sp³-hybridized carbons (Fsp3) is 0.237. The number of amides is 2. The largest absolute Gasteiger partial charge is 0.490 e. The number of hydrogen-bond donors (Lipinski definition) is 3. The predicted octanol–water partition coefficient (Wildman–Crippen LogP) is 6.04. The van der Waals surface area contributed by atoms with Crippen LogP contribution in [-0.2, 0) is 32.8 Å². The third-order valence-corrected chi connectivity index (χ3v) is 10.2. The minimum absolute atomic E-state index is 0.0280. The number of thiophene rings is 1. The number of nitrogens with one attached hydrogen (secondary N) is 3. The monoisotopic (exact) mass is 727 g/mol. The first-order chi connectivity index (χ1) is 25.1. The number of carbonyl (C=O) groups excluding carboxylic acids is 1. The Morgan fingerprint density at radius 3 is 2.46 bits per heavy atom. The van der Waals surface area contributed by atoms with Gasteiger partial charge in [0.25, 0.3) is 5.56 Å². The summed E-state index contributed by atoms with van der Waals surface area (Å²) in [4.78, 5) is 49.6. The number of halogens is 2. The number of benzene rings is 3. The van der Waals surface area contributed by atoms with Crippen LogP contribution in [0.15, 0.2) is 112 Å². The molecule has 11 nitrogen and oxygen atoms in total. The third-order valence-electron chi connectivity index (χ3n) is 8.99. The summed E-state index contributed by atoms with van der Waals surface area (Å²) in [7, 11) is 3.27. The fourth-order valence-electron chi connectivity index (χ4n) is 6.82. The summed E-state index contributed by atoms with van der Waals surface area (Å²) in [5.41, 5.74) is 2.18. The van der Waals surface area contributed by atoms with Crippen molar-refractivity contribution < 1.29 is 27.9 Å². The van der Waals surface area contributed by atoms with E-state index in [1.54, 1.807) is 30.3 Å².